The van der Waals surface area contributed by atoms with Crippen LogP contribution in [-0.4, -0.2) is 32.2 Å². The SMILES string of the molecule is CCCOc1c(Br)cc(C(=O)NCC(N)C2CC2)cc1OC.Cl. The first-order valence-electron chi connectivity index (χ1n) is 7.61. The maximum Gasteiger partial charge on any atom is 0.251 e. The summed E-state index contributed by atoms with van der Waals surface area (Å²) in [5, 5.41) is 2.88. The second-order valence-electron chi connectivity index (χ2n) is 5.55. The predicted molar refractivity (Wildman–Crippen MR) is 96.8 cm³/mol. The van der Waals surface area contributed by atoms with Crippen molar-refractivity contribution >= 4 is 34.2 Å². The van der Waals surface area contributed by atoms with Crippen molar-refractivity contribution in [2.75, 3.05) is 20.3 Å². The maximum atomic E-state index is 12.3. The van der Waals surface area contributed by atoms with Crippen molar-refractivity contribution in [3.05, 3.63) is 22.2 Å². The van der Waals surface area contributed by atoms with Crippen LogP contribution in [0.3, 0.4) is 0 Å². The fraction of sp³-hybridized carbons (Fsp3) is 0.562. The molecule has 1 aliphatic carbocycles. The minimum absolute atomic E-state index is 0. The van der Waals surface area contributed by atoms with Gasteiger partial charge in [0.2, 0.25) is 0 Å². The molecule has 5 nitrogen and oxygen atoms in total. The Labute approximate surface area is 151 Å². The molecular weight excluding hydrogens is 384 g/mol. The van der Waals surface area contributed by atoms with E-state index in [0.29, 0.717) is 40.6 Å². The van der Waals surface area contributed by atoms with Crippen molar-refractivity contribution in [3.8, 4) is 11.5 Å². The van der Waals surface area contributed by atoms with E-state index in [-0.39, 0.29) is 24.4 Å². The summed E-state index contributed by atoms with van der Waals surface area (Å²) in [4.78, 5) is 12.3. The molecule has 2 rings (SSSR count). The molecule has 1 atom stereocenters. The fourth-order valence-corrected chi connectivity index (χ4v) is 2.76. The molecule has 3 N–H and O–H groups in total. The molecule has 1 aromatic carbocycles. The van der Waals surface area contributed by atoms with Crippen LogP contribution in [0.25, 0.3) is 0 Å². The molecule has 1 aliphatic rings. The first-order valence-corrected chi connectivity index (χ1v) is 8.40. The number of amides is 1. The van der Waals surface area contributed by atoms with Crippen LogP contribution in [0.1, 0.15) is 36.5 Å². The zero-order chi connectivity index (χ0) is 16.1. The molecule has 0 heterocycles. The highest BCUT2D eigenvalue weighted by molar-refractivity contribution is 9.10. The Hall–Kier alpha value is -0.980. The summed E-state index contributed by atoms with van der Waals surface area (Å²) in [5.41, 5.74) is 6.53. The Morgan fingerprint density at radius 2 is 2.17 bits per heavy atom. The van der Waals surface area contributed by atoms with E-state index in [0.717, 1.165) is 6.42 Å². The molecule has 0 aromatic heterocycles. The lowest BCUT2D eigenvalue weighted by molar-refractivity contribution is 0.0949. The second kappa shape index (κ2) is 9.35. The monoisotopic (exact) mass is 406 g/mol. The largest absolute Gasteiger partial charge is 0.493 e. The Morgan fingerprint density at radius 3 is 2.74 bits per heavy atom. The molecule has 0 bridgehead atoms. The van der Waals surface area contributed by atoms with Crippen molar-refractivity contribution in [2.24, 2.45) is 11.7 Å². The van der Waals surface area contributed by atoms with E-state index < -0.39 is 0 Å². The molecule has 1 amide bonds. The van der Waals surface area contributed by atoms with Gasteiger partial charge < -0.3 is 20.5 Å². The number of halogens is 2. The molecule has 130 valence electrons. The summed E-state index contributed by atoms with van der Waals surface area (Å²) >= 11 is 3.44. The van der Waals surface area contributed by atoms with Gasteiger partial charge in [-0.15, -0.1) is 12.4 Å². The number of methoxy groups -OCH3 is 1. The van der Waals surface area contributed by atoms with Crippen molar-refractivity contribution in [1.29, 1.82) is 0 Å². The summed E-state index contributed by atoms with van der Waals surface area (Å²) in [5.74, 6) is 1.57. The lowest BCUT2D eigenvalue weighted by Crippen LogP contribution is -2.38. The van der Waals surface area contributed by atoms with Gasteiger partial charge >= 0.3 is 0 Å². The third-order valence-corrected chi connectivity index (χ3v) is 4.26. The number of nitrogens with one attached hydrogen (secondary N) is 1. The molecule has 0 saturated heterocycles. The highest BCUT2D eigenvalue weighted by atomic mass is 79.9. The van der Waals surface area contributed by atoms with Crippen LogP contribution in [0, 0.1) is 5.92 Å². The van der Waals surface area contributed by atoms with E-state index >= 15 is 0 Å². The molecule has 0 radical (unpaired) electrons. The van der Waals surface area contributed by atoms with Crippen LogP contribution >= 0.6 is 28.3 Å². The highest BCUT2D eigenvalue weighted by Crippen LogP contribution is 2.37. The quantitative estimate of drug-likeness (QED) is 0.694. The number of nitrogens with two attached hydrogens (primary N) is 1. The minimum atomic E-state index is -0.155. The number of carbonyl (C=O) groups excluding carboxylic acids is 1. The number of benzene rings is 1. The van der Waals surface area contributed by atoms with E-state index in [1.54, 1.807) is 19.2 Å². The lowest BCUT2D eigenvalue weighted by atomic mass is 10.1. The second-order valence-corrected chi connectivity index (χ2v) is 6.40. The summed E-state index contributed by atoms with van der Waals surface area (Å²) in [6.45, 7) is 3.12. The van der Waals surface area contributed by atoms with E-state index in [9.17, 15) is 4.79 Å². The normalized spacial score (nSPS) is 14.6. The summed E-state index contributed by atoms with van der Waals surface area (Å²) in [6, 6.07) is 3.47. The van der Waals surface area contributed by atoms with Crippen LogP contribution in [0.15, 0.2) is 16.6 Å². The van der Waals surface area contributed by atoms with Gasteiger partial charge in [0.25, 0.3) is 5.91 Å². The van der Waals surface area contributed by atoms with Gasteiger partial charge in [-0.2, -0.15) is 0 Å². The van der Waals surface area contributed by atoms with Crippen LogP contribution in [0.4, 0.5) is 0 Å². The van der Waals surface area contributed by atoms with Gasteiger partial charge in [-0.25, -0.2) is 0 Å². The van der Waals surface area contributed by atoms with Gasteiger partial charge in [-0.05, 0) is 53.2 Å². The van der Waals surface area contributed by atoms with Crippen molar-refractivity contribution in [3.63, 3.8) is 0 Å². The van der Waals surface area contributed by atoms with Gasteiger partial charge in [0.15, 0.2) is 11.5 Å². The van der Waals surface area contributed by atoms with Crippen molar-refractivity contribution in [2.45, 2.75) is 32.2 Å². The van der Waals surface area contributed by atoms with Crippen LogP contribution < -0.4 is 20.5 Å². The molecular formula is C16H24BrClN2O3. The Morgan fingerprint density at radius 1 is 1.48 bits per heavy atom. The van der Waals surface area contributed by atoms with Crippen LogP contribution in [0.2, 0.25) is 0 Å². The molecule has 7 heteroatoms. The Bertz CT molecular complexity index is 538. The Kier molecular flexibility index (Phi) is 8.16. The number of rotatable bonds is 8. The number of ether oxygens (including phenoxy) is 2. The number of hydrogen-bond donors (Lipinski definition) is 2. The van der Waals surface area contributed by atoms with Gasteiger partial charge in [-0.3, -0.25) is 4.79 Å². The van der Waals surface area contributed by atoms with E-state index in [1.165, 1.54) is 12.8 Å². The summed E-state index contributed by atoms with van der Waals surface area (Å²) < 4.78 is 11.7. The third-order valence-electron chi connectivity index (χ3n) is 3.67. The minimum Gasteiger partial charge on any atom is -0.493 e. The number of carbonyl (C=O) groups is 1. The van der Waals surface area contributed by atoms with Gasteiger partial charge in [0.05, 0.1) is 18.2 Å². The van der Waals surface area contributed by atoms with Crippen molar-refractivity contribution in [1.82, 2.24) is 5.32 Å². The number of hydrogen-bond acceptors (Lipinski definition) is 4. The average molecular weight is 408 g/mol. The first kappa shape index (κ1) is 20.1. The van der Waals surface area contributed by atoms with Gasteiger partial charge in [0.1, 0.15) is 0 Å². The van der Waals surface area contributed by atoms with Gasteiger partial charge in [-0.1, -0.05) is 6.92 Å². The maximum absolute atomic E-state index is 12.3. The zero-order valence-electron chi connectivity index (χ0n) is 13.4. The standard InChI is InChI=1S/C16H23BrN2O3.ClH/c1-3-6-22-15-12(17)7-11(8-14(15)21-2)16(20)19-9-13(18)10-4-5-10;/h7-8,10,13H,3-6,9,18H2,1-2H3,(H,19,20);1H. The van der Waals surface area contributed by atoms with E-state index in [2.05, 4.69) is 21.2 Å². The van der Waals surface area contributed by atoms with Crippen molar-refractivity contribution < 1.29 is 14.3 Å². The van der Waals surface area contributed by atoms with E-state index in [1.807, 2.05) is 6.92 Å². The van der Waals surface area contributed by atoms with Crippen LogP contribution in [0.5, 0.6) is 11.5 Å². The fourth-order valence-electron chi connectivity index (χ4n) is 2.20. The summed E-state index contributed by atoms with van der Waals surface area (Å²) in [7, 11) is 1.56. The van der Waals surface area contributed by atoms with Gasteiger partial charge in [0, 0.05) is 18.2 Å². The molecule has 0 spiro atoms. The molecule has 0 aliphatic heterocycles. The lowest BCUT2D eigenvalue weighted by Gasteiger charge is -2.15. The molecule has 1 unspecified atom stereocenters. The first-order chi connectivity index (χ1) is 10.6. The molecule has 1 aromatic rings. The highest BCUT2D eigenvalue weighted by Gasteiger charge is 2.28. The zero-order valence-corrected chi connectivity index (χ0v) is 15.8. The molecule has 1 fully saturated rings. The van der Waals surface area contributed by atoms with Crippen LogP contribution in [-0.2, 0) is 0 Å². The summed E-state index contributed by atoms with van der Waals surface area (Å²) in [6.07, 6.45) is 3.23. The van der Waals surface area contributed by atoms with E-state index in [4.69, 9.17) is 15.2 Å². The molecule has 23 heavy (non-hydrogen) atoms. The predicted octanol–water partition coefficient (Wildman–Crippen LogP) is 3.14. The third kappa shape index (κ3) is 5.55. The molecule has 1 saturated carbocycles. The smallest absolute Gasteiger partial charge is 0.251 e. The average Bonchev–Trinajstić information content (AvgIpc) is 3.35. The Balaban J connectivity index is 0.00000264. The topological polar surface area (TPSA) is 73.6 Å².